The Labute approximate surface area is 183 Å². The zero-order valence-electron chi connectivity index (χ0n) is 17.3. The van der Waals surface area contributed by atoms with Crippen molar-refractivity contribution in [1.82, 2.24) is 4.90 Å². The minimum absolute atomic E-state index is 0.00867. The molecule has 2 aromatic rings. The Hall–Kier alpha value is -2.91. The fourth-order valence-corrected chi connectivity index (χ4v) is 4.06. The summed E-state index contributed by atoms with van der Waals surface area (Å²) in [6.45, 7) is -0.235. The van der Waals surface area contributed by atoms with Crippen molar-refractivity contribution in [2.75, 3.05) is 37.7 Å². The van der Waals surface area contributed by atoms with Crippen LogP contribution in [0.4, 0.5) is 18.9 Å². The summed E-state index contributed by atoms with van der Waals surface area (Å²) < 4.78 is 53.6. The number of benzene rings is 2. The van der Waals surface area contributed by atoms with E-state index in [0.717, 1.165) is 4.90 Å². The molecule has 9 heteroatoms. The third kappa shape index (κ3) is 4.63. The van der Waals surface area contributed by atoms with E-state index in [1.54, 1.807) is 48.5 Å². The molecule has 2 aromatic carbocycles. The van der Waals surface area contributed by atoms with Gasteiger partial charge in [0.15, 0.2) is 0 Å². The molecule has 4 rings (SSSR count). The molecule has 1 atom stereocenters. The van der Waals surface area contributed by atoms with Gasteiger partial charge in [-0.3, -0.25) is 14.3 Å². The molecular weight excluding hydrogens is 425 g/mol. The molecule has 0 aromatic heterocycles. The van der Waals surface area contributed by atoms with Crippen LogP contribution in [0.5, 0.6) is 0 Å². The van der Waals surface area contributed by atoms with Crippen LogP contribution in [0.3, 0.4) is 0 Å². The number of carbonyl (C=O) groups excluding carboxylic acids is 2. The molecule has 170 valence electrons. The lowest BCUT2D eigenvalue weighted by Gasteiger charge is -2.45. The molecule has 2 aliphatic rings. The average molecular weight is 448 g/mol. The zero-order valence-corrected chi connectivity index (χ0v) is 17.3. The lowest BCUT2D eigenvalue weighted by atomic mass is 10.00. The summed E-state index contributed by atoms with van der Waals surface area (Å²) in [6, 6.07) is 14.3. The topological polar surface area (TPSA) is 59.1 Å². The second-order valence-electron chi connectivity index (χ2n) is 7.99. The fourth-order valence-electron chi connectivity index (χ4n) is 4.06. The Morgan fingerprint density at radius 1 is 1.03 bits per heavy atom. The van der Waals surface area contributed by atoms with Crippen molar-refractivity contribution < 1.29 is 32.2 Å². The van der Waals surface area contributed by atoms with E-state index in [2.05, 4.69) is 0 Å². The van der Waals surface area contributed by atoms with E-state index in [9.17, 15) is 22.8 Å². The van der Waals surface area contributed by atoms with Crippen molar-refractivity contribution in [2.45, 2.75) is 24.6 Å². The van der Waals surface area contributed by atoms with Gasteiger partial charge in [0.2, 0.25) is 5.91 Å². The zero-order chi connectivity index (χ0) is 22.8. The van der Waals surface area contributed by atoms with Gasteiger partial charge in [-0.05, 0) is 30.2 Å². The molecule has 0 radical (unpaired) electrons. The molecule has 0 aliphatic carbocycles. The summed E-state index contributed by atoms with van der Waals surface area (Å²) in [6.07, 6.45) is -3.88. The average Bonchev–Trinajstić information content (AvgIpc) is 2.98. The summed E-state index contributed by atoms with van der Waals surface area (Å²) in [5, 5.41) is 0. The minimum atomic E-state index is -4.07. The Morgan fingerprint density at radius 3 is 2.50 bits per heavy atom. The van der Waals surface area contributed by atoms with Gasteiger partial charge in [-0.25, -0.2) is 4.39 Å². The van der Waals surface area contributed by atoms with Crippen molar-refractivity contribution in [2.24, 2.45) is 0 Å². The lowest BCUT2D eigenvalue weighted by Crippen LogP contribution is -2.66. The first-order chi connectivity index (χ1) is 15.3. The van der Waals surface area contributed by atoms with Gasteiger partial charge in [0.1, 0.15) is 11.4 Å². The third-order valence-corrected chi connectivity index (χ3v) is 5.62. The number of aryl methyl sites for hydroxylation is 1. The number of morpholine rings is 1. The Morgan fingerprint density at radius 2 is 1.75 bits per heavy atom. The number of alkyl halides is 2. The van der Waals surface area contributed by atoms with Crippen LogP contribution in [0.1, 0.15) is 12.0 Å². The predicted molar refractivity (Wildman–Crippen MR) is 110 cm³/mol. The van der Waals surface area contributed by atoms with Gasteiger partial charge in [0.25, 0.3) is 0 Å². The van der Waals surface area contributed by atoms with Crippen molar-refractivity contribution in [3.8, 4) is 0 Å². The number of anilines is 1. The van der Waals surface area contributed by atoms with Crippen LogP contribution in [0.25, 0.3) is 0 Å². The van der Waals surface area contributed by atoms with E-state index in [4.69, 9.17) is 9.47 Å². The molecule has 1 unspecified atom stereocenters. The van der Waals surface area contributed by atoms with E-state index in [0.29, 0.717) is 11.3 Å². The summed E-state index contributed by atoms with van der Waals surface area (Å²) in [7, 11) is 0. The predicted octanol–water partition coefficient (Wildman–Crippen LogP) is 3.01. The maximum absolute atomic E-state index is 14.6. The van der Waals surface area contributed by atoms with Crippen molar-refractivity contribution in [3.63, 3.8) is 0 Å². The first-order valence-electron chi connectivity index (χ1n) is 10.3. The molecule has 2 amide bonds. The molecular formula is C23H23F3N2O4. The second-order valence-corrected chi connectivity index (χ2v) is 7.99. The van der Waals surface area contributed by atoms with Crippen LogP contribution >= 0.6 is 0 Å². The molecule has 0 N–H and O–H groups in total. The van der Waals surface area contributed by atoms with Crippen LogP contribution in [0.15, 0.2) is 54.6 Å². The van der Waals surface area contributed by atoms with Crippen molar-refractivity contribution in [1.29, 1.82) is 0 Å². The number of hydrogen-bond donors (Lipinski definition) is 0. The largest absolute Gasteiger partial charge is 0.437 e. The Kier molecular flexibility index (Phi) is 6.21. The molecule has 2 aliphatic heterocycles. The number of amides is 2. The van der Waals surface area contributed by atoms with E-state index in [1.807, 2.05) is 0 Å². The molecule has 2 heterocycles. The van der Waals surface area contributed by atoms with Gasteiger partial charge >= 0.3 is 12.0 Å². The number of nitrogens with zero attached hydrogens (tertiary/aromatic N) is 2. The number of rotatable bonds is 4. The molecule has 0 bridgehead atoms. The highest BCUT2D eigenvalue weighted by Crippen LogP contribution is 2.36. The van der Waals surface area contributed by atoms with Gasteiger partial charge < -0.3 is 14.5 Å². The highest BCUT2D eigenvalue weighted by atomic mass is 19.3. The summed E-state index contributed by atoms with van der Waals surface area (Å²) in [4.78, 5) is 27.6. The van der Waals surface area contributed by atoms with E-state index < -0.39 is 23.4 Å². The van der Waals surface area contributed by atoms with Gasteiger partial charge in [0.05, 0.1) is 26.3 Å². The minimum Gasteiger partial charge on any atom is -0.376 e. The van der Waals surface area contributed by atoms with Crippen LogP contribution in [-0.2, 0) is 25.5 Å². The molecule has 6 nitrogen and oxygen atoms in total. The molecule has 32 heavy (non-hydrogen) atoms. The Balaban J connectivity index is 1.53. The number of ether oxygens (including phenoxy) is 2. The number of para-hydroxylation sites is 1. The van der Waals surface area contributed by atoms with Crippen molar-refractivity contribution in [3.05, 3.63) is 66.0 Å². The van der Waals surface area contributed by atoms with Gasteiger partial charge in [0, 0.05) is 18.7 Å². The lowest BCUT2D eigenvalue weighted by molar-refractivity contribution is -0.293. The molecule has 1 spiro atoms. The molecule has 0 saturated carbocycles. The maximum atomic E-state index is 14.6. The standard InChI is InChI=1S/C23H23F3N2O4/c24-19-9-5-4-6-17(19)10-11-20(29)27-12-13-31-16-22(14-27)15-28(18-7-2-1-3-8-18)21(30)23(25,26)32-22/h1-9H,10-16H2. The highest BCUT2D eigenvalue weighted by molar-refractivity contribution is 5.98. The fraction of sp³-hybridized carbons (Fsp3) is 0.391. The first-order valence-corrected chi connectivity index (χ1v) is 10.3. The van der Waals surface area contributed by atoms with Gasteiger partial charge in [-0.2, -0.15) is 8.78 Å². The molecule has 2 fully saturated rings. The highest BCUT2D eigenvalue weighted by Gasteiger charge is 2.58. The number of carbonyl (C=O) groups is 2. The third-order valence-electron chi connectivity index (χ3n) is 5.62. The monoisotopic (exact) mass is 448 g/mol. The van der Waals surface area contributed by atoms with Crippen LogP contribution < -0.4 is 4.90 Å². The summed E-state index contributed by atoms with van der Waals surface area (Å²) in [5.41, 5.74) is -0.887. The summed E-state index contributed by atoms with van der Waals surface area (Å²) in [5.74, 6) is -2.19. The van der Waals surface area contributed by atoms with Gasteiger partial charge in [-0.15, -0.1) is 0 Å². The van der Waals surface area contributed by atoms with E-state index in [-0.39, 0.29) is 51.6 Å². The smallest absolute Gasteiger partial charge is 0.376 e. The summed E-state index contributed by atoms with van der Waals surface area (Å²) >= 11 is 0. The number of halogens is 3. The van der Waals surface area contributed by atoms with E-state index in [1.165, 1.54) is 11.0 Å². The quantitative estimate of drug-likeness (QED) is 0.722. The van der Waals surface area contributed by atoms with Crippen LogP contribution in [0, 0.1) is 5.82 Å². The number of hydrogen-bond acceptors (Lipinski definition) is 4. The van der Waals surface area contributed by atoms with Crippen molar-refractivity contribution >= 4 is 17.5 Å². The van der Waals surface area contributed by atoms with Crippen LogP contribution in [-0.4, -0.2) is 61.3 Å². The Bertz CT molecular complexity index is 988. The maximum Gasteiger partial charge on any atom is 0.437 e. The van der Waals surface area contributed by atoms with E-state index >= 15 is 0 Å². The van der Waals surface area contributed by atoms with Gasteiger partial charge in [-0.1, -0.05) is 36.4 Å². The normalized spacial score (nSPS) is 23.3. The first kappa shape index (κ1) is 22.3. The second kappa shape index (κ2) is 8.91. The van der Waals surface area contributed by atoms with Crippen LogP contribution in [0.2, 0.25) is 0 Å². The molecule has 2 saturated heterocycles. The SMILES string of the molecule is O=C(CCc1ccccc1F)N1CCOCC2(C1)CN(c1ccccc1)C(=O)C(F)(F)O2.